The van der Waals surface area contributed by atoms with Crippen LogP contribution < -0.4 is 20.1 Å². The summed E-state index contributed by atoms with van der Waals surface area (Å²) >= 11 is 7.77. The van der Waals surface area contributed by atoms with Crippen molar-refractivity contribution in [2.24, 2.45) is 0 Å². The number of hydrogen-bond acceptors (Lipinski definition) is 9. The van der Waals surface area contributed by atoms with E-state index in [4.69, 9.17) is 33.4 Å². The molecule has 9 nitrogen and oxygen atoms in total. The van der Waals surface area contributed by atoms with E-state index in [2.05, 4.69) is 19.7 Å². The minimum atomic E-state index is -0.955. The number of aliphatic hydroxyl groups excluding tert-OH is 1. The number of alkyl halides is 1. The van der Waals surface area contributed by atoms with Gasteiger partial charge in [-0.1, -0.05) is 17.7 Å². The number of aliphatic hydroxyl groups is 1. The molecule has 2 aromatic heterocycles. The van der Waals surface area contributed by atoms with Gasteiger partial charge in [-0.15, -0.1) is 11.3 Å². The molecule has 4 aromatic rings. The van der Waals surface area contributed by atoms with Crippen LogP contribution in [0.5, 0.6) is 11.8 Å². The summed E-state index contributed by atoms with van der Waals surface area (Å²) in [6.45, 7) is 8.59. The van der Waals surface area contributed by atoms with E-state index >= 15 is 4.39 Å². The van der Waals surface area contributed by atoms with E-state index in [9.17, 15) is 13.9 Å². The lowest BCUT2D eigenvalue weighted by atomic mass is 9.95. The molecule has 14 heteroatoms. The first-order valence-electron chi connectivity index (χ1n) is 13.8. The predicted molar refractivity (Wildman–Crippen MR) is 159 cm³/mol. The van der Waals surface area contributed by atoms with Gasteiger partial charge in [-0.2, -0.15) is 9.97 Å². The van der Waals surface area contributed by atoms with E-state index in [1.54, 1.807) is 11.9 Å². The highest BCUT2D eigenvalue weighted by Crippen LogP contribution is 2.52. The second kappa shape index (κ2) is 10.3. The van der Waals surface area contributed by atoms with E-state index in [-0.39, 0.29) is 85.2 Å². The second-order valence-corrected chi connectivity index (χ2v) is 12.7. The Kier molecular flexibility index (Phi) is 6.73. The third kappa shape index (κ3) is 4.18. The molecule has 0 amide bonds. The van der Waals surface area contributed by atoms with Crippen molar-refractivity contribution >= 4 is 60.4 Å². The van der Waals surface area contributed by atoms with Crippen molar-refractivity contribution in [1.29, 1.82) is 0 Å². The molecule has 5 heterocycles. The Morgan fingerprint density at radius 1 is 1.33 bits per heavy atom. The molecule has 3 aliphatic heterocycles. The van der Waals surface area contributed by atoms with Crippen LogP contribution in [0.25, 0.3) is 37.0 Å². The van der Waals surface area contributed by atoms with Gasteiger partial charge in [0.1, 0.15) is 36.5 Å². The van der Waals surface area contributed by atoms with Crippen LogP contribution in [0.2, 0.25) is 5.02 Å². The van der Waals surface area contributed by atoms with Gasteiger partial charge in [0.05, 0.1) is 44.9 Å². The van der Waals surface area contributed by atoms with Gasteiger partial charge in [-0.25, -0.2) is 18.0 Å². The number of rotatable bonds is 5. The minimum absolute atomic E-state index is 0.00701. The molecule has 1 unspecified atom stereocenters. The smallest absolute Gasteiger partial charge is 0.319 e. The van der Waals surface area contributed by atoms with Gasteiger partial charge in [0.25, 0.3) is 0 Å². The summed E-state index contributed by atoms with van der Waals surface area (Å²) in [7, 11) is 1.69. The average molecular weight is 631 g/mol. The third-order valence-corrected chi connectivity index (χ3v) is 10.2. The summed E-state index contributed by atoms with van der Waals surface area (Å²) in [5.41, 5.74) is 5.39. The number of nitrogens with two attached hydrogens (primary N) is 1. The SMILES string of the molecule is [C-]#[N+]c1c(N)sc2c(F)ccc(-c3c(Cl)c4c5c(nc(OC[C@@]67CCCN6C[C@H](F)C7)nc5c3F)N(C)C(CO)CO4)c12. The van der Waals surface area contributed by atoms with Gasteiger partial charge in [0, 0.05) is 31.0 Å². The van der Waals surface area contributed by atoms with Crippen molar-refractivity contribution in [2.75, 3.05) is 50.6 Å². The second-order valence-electron chi connectivity index (χ2n) is 11.2. The Balaban J connectivity index is 1.45. The summed E-state index contributed by atoms with van der Waals surface area (Å²) in [6.07, 6.45) is 1.06. The molecule has 0 radical (unpaired) electrons. The number of aromatic nitrogens is 2. The van der Waals surface area contributed by atoms with Crippen LogP contribution in [-0.2, 0) is 0 Å². The van der Waals surface area contributed by atoms with E-state index in [0.29, 0.717) is 13.0 Å². The van der Waals surface area contributed by atoms with Crippen molar-refractivity contribution in [2.45, 2.75) is 37.0 Å². The number of ether oxygens (including phenoxy) is 2. The number of hydrogen-bond donors (Lipinski definition) is 2. The fourth-order valence-electron chi connectivity index (χ4n) is 6.71. The summed E-state index contributed by atoms with van der Waals surface area (Å²) in [5, 5.41) is 10.4. The van der Waals surface area contributed by atoms with Crippen molar-refractivity contribution < 1.29 is 27.8 Å². The van der Waals surface area contributed by atoms with Crippen LogP contribution >= 0.6 is 22.9 Å². The Morgan fingerprint density at radius 3 is 2.91 bits per heavy atom. The predicted octanol–water partition coefficient (Wildman–Crippen LogP) is 5.72. The zero-order chi connectivity index (χ0) is 30.2. The molecule has 7 rings (SSSR count). The van der Waals surface area contributed by atoms with Crippen LogP contribution in [0.3, 0.4) is 0 Å². The molecule has 0 bridgehead atoms. The molecule has 2 fully saturated rings. The highest BCUT2D eigenvalue weighted by atomic mass is 35.5. The average Bonchev–Trinajstić information content (AvgIpc) is 3.60. The van der Waals surface area contributed by atoms with Gasteiger partial charge >= 0.3 is 6.01 Å². The maximum atomic E-state index is 16.8. The highest BCUT2D eigenvalue weighted by molar-refractivity contribution is 7.23. The van der Waals surface area contributed by atoms with Crippen LogP contribution in [0.1, 0.15) is 19.3 Å². The van der Waals surface area contributed by atoms with E-state index in [1.807, 2.05) is 0 Å². The normalized spacial score (nSPS) is 23.4. The number of anilines is 2. The van der Waals surface area contributed by atoms with Gasteiger partial charge in [-0.3, -0.25) is 4.90 Å². The first-order chi connectivity index (χ1) is 20.7. The molecule has 0 spiro atoms. The van der Waals surface area contributed by atoms with Crippen molar-refractivity contribution in [3.05, 3.63) is 40.2 Å². The Morgan fingerprint density at radius 2 is 2.14 bits per heavy atom. The fourth-order valence-corrected chi connectivity index (χ4v) is 7.98. The van der Waals surface area contributed by atoms with Crippen LogP contribution in [0, 0.1) is 18.2 Å². The molecule has 3 aliphatic rings. The van der Waals surface area contributed by atoms with Crippen molar-refractivity contribution in [1.82, 2.24) is 14.9 Å². The molecule has 43 heavy (non-hydrogen) atoms. The molecule has 0 saturated carbocycles. The van der Waals surface area contributed by atoms with Crippen molar-refractivity contribution in [3.63, 3.8) is 0 Å². The maximum absolute atomic E-state index is 16.8. The summed E-state index contributed by atoms with van der Waals surface area (Å²) in [5.74, 6) is -1.14. The number of nitrogen functional groups attached to an aromatic ring is 1. The Labute approximate surface area is 253 Å². The summed E-state index contributed by atoms with van der Waals surface area (Å²) < 4.78 is 58.3. The topological polar surface area (TPSA) is 101 Å². The van der Waals surface area contributed by atoms with E-state index < -0.39 is 29.4 Å². The van der Waals surface area contributed by atoms with E-state index in [0.717, 1.165) is 30.7 Å². The quantitative estimate of drug-likeness (QED) is 0.270. The number of fused-ring (bicyclic) bond motifs is 2. The number of nitrogens with zero attached hydrogens (tertiary/aromatic N) is 5. The van der Waals surface area contributed by atoms with Gasteiger partial charge in [0.15, 0.2) is 11.6 Å². The molecular formula is C29H26ClF3N6O3S. The maximum Gasteiger partial charge on any atom is 0.319 e. The molecule has 224 valence electrons. The van der Waals surface area contributed by atoms with Crippen LogP contribution in [0.4, 0.5) is 29.7 Å². The number of thiophene rings is 1. The molecule has 2 saturated heterocycles. The lowest BCUT2D eigenvalue weighted by molar-refractivity contribution is 0.107. The summed E-state index contributed by atoms with van der Waals surface area (Å²) in [4.78, 5) is 16.3. The van der Waals surface area contributed by atoms with Crippen LogP contribution in [0.15, 0.2) is 12.1 Å². The zero-order valence-electron chi connectivity index (χ0n) is 23.0. The standard InChI is InChI=1S/C29H26ClF3N6O3S/c1-35-23-18-15(4-5-16(32)25(18)43-26(23)34)17-20(30)24-19-22(21(17)33)36-28(37-27(19)38(2)14(10-40)11-41-24)42-12-29-6-3-7-39(29)9-13(31)8-29/h4-5,13-14,40H,3,6-12,34H2,2H3/t13-,14?,29+/m1/s1. The lowest BCUT2D eigenvalue weighted by Gasteiger charge is -2.31. The van der Waals surface area contributed by atoms with Gasteiger partial charge in [0.2, 0.25) is 5.69 Å². The Bertz CT molecular complexity index is 1850. The first-order valence-corrected chi connectivity index (χ1v) is 15.0. The monoisotopic (exact) mass is 630 g/mol. The third-order valence-electron chi connectivity index (χ3n) is 8.86. The number of likely N-dealkylation sites (N-methyl/N-ethyl adjacent to an activating group) is 1. The fraction of sp³-hybridized carbons (Fsp3) is 0.414. The minimum Gasteiger partial charge on any atom is -0.489 e. The van der Waals surface area contributed by atoms with Gasteiger partial charge in [-0.05, 0) is 31.0 Å². The molecular weight excluding hydrogens is 605 g/mol. The van der Waals surface area contributed by atoms with Crippen molar-refractivity contribution in [3.8, 4) is 22.9 Å². The lowest BCUT2D eigenvalue weighted by Crippen LogP contribution is -2.43. The molecule has 2 aromatic carbocycles. The molecule has 3 atom stereocenters. The Hall–Kier alpha value is -3.57. The number of halogens is 4. The largest absolute Gasteiger partial charge is 0.489 e. The molecule has 0 aliphatic carbocycles. The summed E-state index contributed by atoms with van der Waals surface area (Å²) in [6, 6.07) is 1.83. The first kappa shape index (κ1) is 28.2. The van der Waals surface area contributed by atoms with E-state index in [1.165, 1.54) is 12.1 Å². The van der Waals surface area contributed by atoms with Crippen LogP contribution in [-0.4, -0.2) is 77.7 Å². The highest BCUT2D eigenvalue weighted by Gasteiger charge is 2.49. The zero-order valence-corrected chi connectivity index (χ0v) is 24.5. The van der Waals surface area contributed by atoms with Gasteiger partial charge < -0.3 is 25.2 Å². The number of benzene rings is 2. The molecule has 3 N–H and O–H groups in total.